The maximum absolute atomic E-state index is 13.2. The van der Waals surface area contributed by atoms with Crippen molar-refractivity contribution in [1.82, 2.24) is 20.0 Å². The minimum absolute atomic E-state index is 0.116. The number of alkyl halides is 3. The van der Waals surface area contributed by atoms with Crippen LogP contribution in [0.5, 0.6) is 0 Å². The van der Waals surface area contributed by atoms with Crippen LogP contribution in [0.2, 0.25) is 0 Å². The fraction of sp³-hybridized carbons (Fsp3) is 0.269. The summed E-state index contributed by atoms with van der Waals surface area (Å²) in [5, 5.41) is 16.3. The Kier molecular flexibility index (Phi) is 7.03. The van der Waals surface area contributed by atoms with Gasteiger partial charge >= 0.3 is 6.18 Å². The van der Waals surface area contributed by atoms with Gasteiger partial charge in [0.2, 0.25) is 5.91 Å². The third-order valence-corrected chi connectivity index (χ3v) is 5.95. The summed E-state index contributed by atoms with van der Waals surface area (Å²) in [6.45, 7) is 1.84. The van der Waals surface area contributed by atoms with Crippen LogP contribution >= 0.6 is 0 Å². The Bertz CT molecular complexity index is 1290. The predicted molar refractivity (Wildman–Crippen MR) is 124 cm³/mol. The first kappa shape index (κ1) is 24.2. The van der Waals surface area contributed by atoms with Crippen LogP contribution in [-0.4, -0.2) is 33.7 Å². The molecule has 9 heteroatoms. The van der Waals surface area contributed by atoms with Gasteiger partial charge in [0.05, 0.1) is 23.4 Å². The van der Waals surface area contributed by atoms with E-state index in [2.05, 4.69) is 21.4 Å². The van der Waals surface area contributed by atoms with Crippen LogP contribution < -0.4 is 5.32 Å². The maximum Gasteiger partial charge on any atom is 0.416 e. The molecule has 0 aliphatic carbocycles. The summed E-state index contributed by atoms with van der Waals surface area (Å²) in [6.07, 6.45) is -0.161. The zero-order chi connectivity index (χ0) is 25.0. The van der Waals surface area contributed by atoms with Gasteiger partial charge in [0, 0.05) is 50.6 Å². The number of amides is 1. The van der Waals surface area contributed by atoms with Gasteiger partial charge in [-0.05, 0) is 47.4 Å². The largest absolute Gasteiger partial charge is 0.416 e. The first-order chi connectivity index (χ1) is 16.7. The molecule has 2 aromatic carbocycles. The van der Waals surface area contributed by atoms with Crippen molar-refractivity contribution < 1.29 is 18.0 Å². The first-order valence-electron chi connectivity index (χ1n) is 11.1. The van der Waals surface area contributed by atoms with Gasteiger partial charge in [-0.2, -0.15) is 23.5 Å². The Morgan fingerprint density at radius 2 is 1.94 bits per heavy atom. The van der Waals surface area contributed by atoms with E-state index in [4.69, 9.17) is 5.26 Å². The van der Waals surface area contributed by atoms with E-state index in [1.807, 2.05) is 31.4 Å². The highest BCUT2D eigenvalue weighted by Gasteiger charge is 2.30. The van der Waals surface area contributed by atoms with E-state index in [1.54, 1.807) is 16.9 Å². The fourth-order valence-corrected chi connectivity index (χ4v) is 4.16. The number of hydrogen-bond donors (Lipinski definition) is 1. The number of halogens is 3. The normalized spacial score (nSPS) is 14.6. The van der Waals surface area contributed by atoms with Crippen molar-refractivity contribution in [3.8, 4) is 6.07 Å². The summed E-state index contributed by atoms with van der Waals surface area (Å²) in [7, 11) is 1.81. The molecule has 0 radical (unpaired) electrons. The smallest absolute Gasteiger partial charge is 0.348 e. The molecule has 3 aromatic rings. The second kappa shape index (κ2) is 10.2. The van der Waals surface area contributed by atoms with Gasteiger partial charge in [0.15, 0.2) is 0 Å². The standard InChI is InChI=1S/C26H24F3N5O/c1-33-16-21(14-32-33)23-9-10-34(15-20-4-2-3-19(11-20)12-30)17-24(23)25(35)31-13-18-5-7-22(8-6-18)26(27,28)29/h2-8,11,14,16H,9-10,13,15,17H2,1H3,(H,31,35). The summed E-state index contributed by atoms with van der Waals surface area (Å²) >= 11 is 0. The van der Waals surface area contributed by atoms with Gasteiger partial charge in [-0.15, -0.1) is 0 Å². The van der Waals surface area contributed by atoms with Crippen LogP contribution in [0.4, 0.5) is 13.2 Å². The van der Waals surface area contributed by atoms with Crippen LogP contribution in [0.15, 0.2) is 66.5 Å². The van der Waals surface area contributed by atoms with Crippen LogP contribution in [0.3, 0.4) is 0 Å². The molecule has 6 nitrogen and oxygen atoms in total. The second-order valence-electron chi connectivity index (χ2n) is 8.51. The summed E-state index contributed by atoms with van der Waals surface area (Å²) in [4.78, 5) is 15.4. The van der Waals surface area contributed by atoms with Crippen molar-refractivity contribution in [2.45, 2.75) is 25.7 Å². The molecule has 1 aliphatic heterocycles. The molecule has 1 aromatic heterocycles. The SMILES string of the molecule is Cn1cc(C2=C(C(=O)NCc3ccc(C(F)(F)F)cc3)CN(Cc3cccc(C#N)c3)CC2)cn1. The fourth-order valence-electron chi connectivity index (χ4n) is 4.16. The van der Waals surface area contributed by atoms with E-state index >= 15 is 0 Å². The third kappa shape index (κ3) is 5.97. The number of carbonyl (C=O) groups is 1. The lowest BCUT2D eigenvalue weighted by Gasteiger charge is -2.30. The van der Waals surface area contributed by atoms with E-state index in [1.165, 1.54) is 12.1 Å². The van der Waals surface area contributed by atoms with Gasteiger partial charge in [0.25, 0.3) is 0 Å². The van der Waals surface area contributed by atoms with Crippen molar-refractivity contribution in [3.05, 3.63) is 94.3 Å². The van der Waals surface area contributed by atoms with E-state index < -0.39 is 11.7 Å². The van der Waals surface area contributed by atoms with Crippen LogP contribution in [0, 0.1) is 11.3 Å². The molecule has 0 saturated carbocycles. The van der Waals surface area contributed by atoms with Crippen LogP contribution in [0.1, 0.15) is 34.2 Å². The minimum Gasteiger partial charge on any atom is -0.348 e. The Balaban J connectivity index is 1.52. The molecule has 2 heterocycles. The molecule has 0 fully saturated rings. The van der Waals surface area contributed by atoms with Crippen molar-refractivity contribution in [2.24, 2.45) is 7.05 Å². The van der Waals surface area contributed by atoms with Gasteiger partial charge in [-0.3, -0.25) is 14.4 Å². The predicted octanol–water partition coefficient (Wildman–Crippen LogP) is 4.29. The van der Waals surface area contributed by atoms with E-state index in [9.17, 15) is 18.0 Å². The van der Waals surface area contributed by atoms with Crippen LogP contribution in [0.25, 0.3) is 5.57 Å². The molecule has 0 atom stereocenters. The van der Waals surface area contributed by atoms with Crippen LogP contribution in [-0.2, 0) is 31.1 Å². The lowest BCUT2D eigenvalue weighted by molar-refractivity contribution is -0.137. The third-order valence-electron chi connectivity index (χ3n) is 5.95. The number of aromatic nitrogens is 2. The van der Waals surface area contributed by atoms with Gasteiger partial charge in [0.1, 0.15) is 0 Å². The molecule has 35 heavy (non-hydrogen) atoms. The van der Waals surface area contributed by atoms with Crippen molar-refractivity contribution >= 4 is 11.5 Å². The van der Waals surface area contributed by atoms with Crippen molar-refractivity contribution in [2.75, 3.05) is 13.1 Å². The Morgan fingerprint density at radius 3 is 2.60 bits per heavy atom. The second-order valence-corrected chi connectivity index (χ2v) is 8.51. The molecule has 1 aliphatic rings. The number of nitrogens with zero attached hydrogens (tertiary/aromatic N) is 4. The molecule has 0 spiro atoms. The van der Waals surface area contributed by atoms with E-state index in [-0.39, 0.29) is 12.5 Å². The van der Waals surface area contributed by atoms with E-state index in [0.717, 1.165) is 35.4 Å². The molecular formula is C26H24F3N5O. The Labute approximate surface area is 201 Å². The number of nitriles is 1. The Morgan fingerprint density at radius 1 is 1.17 bits per heavy atom. The number of benzene rings is 2. The molecule has 0 bridgehead atoms. The van der Waals surface area contributed by atoms with Crippen molar-refractivity contribution in [3.63, 3.8) is 0 Å². The summed E-state index contributed by atoms with van der Waals surface area (Å²) in [5.74, 6) is -0.265. The summed E-state index contributed by atoms with van der Waals surface area (Å²) in [5.41, 5.74) is 3.81. The minimum atomic E-state index is -4.40. The molecule has 1 amide bonds. The van der Waals surface area contributed by atoms with Crippen molar-refractivity contribution in [1.29, 1.82) is 5.26 Å². The zero-order valence-electron chi connectivity index (χ0n) is 19.1. The monoisotopic (exact) mass is 479 g/mol. The zero-order valence-corrected chi connectivity index (χ0v) is 19.1. The maximum atomic E-state index is 13.2. The van der Waals surface area contributed by atoms with E-state index in [0.29, 0.717) is 36.2 Å². The Hall–Kier alpha value is -3.90. The highest BCUT2D eigenvalue weighted by molar-refractivity contribution is 6.02. The average Bonchev–Trinajstić information content (AvgIpc) is 3.28. The van der Waals surface area contributed by atoms with Gasteiger partial charge in [-0.1, -0.05) is 24.3 Å². The highest BCUT2D eigenvalue weighted by atomic mass is 19.4. The summed E-state index contributed by atoms with van der Waals surface area (Å²) in [6, 6.07) is 14.3. The quantitative estimate of drug-likeness (QED) is 0.573. The summed E-state index contributed by atoms with van der Waals surface area (Å²) < 4.78 is 40.1. The molecule has 0 saturated heterocycles. The number of hydrogen-bond acceptors (Lipinski definition) is 4. The highest BCUT2D eigenvalue weighted by Crippen LogP contribution is 2.30. The average molecular weight is 480 g/mol. The molecule has 4 rings (SSSR count). The molecule has 180 valence electrons. The topological polar surface area (TPSA) is 74.0 Å². The number of aryl methyl sites for hydroxylation is 1. The van der Waals surface area contributed by atoms with Gasteiger partial charge < -0.3 is 5.32 Å². The molecule has 0 unspecified atom stereocenters. The van der Waals surface area contributed by atoms with Gasteiger partial charge in [-0.25, -0.2) is 0 Å². The lowest BCUT2D eigenvalue weighted by atomic mass is 9.94. The number of nitrogens with one attached hydrogen (secondary N) is 1. The molecule has 1 N–H and O–H groups in total. The number of carbonyl (C=O) groups excluding carboxylic acids is 1. The first-order valence-corrected chi connectivity index (χ1v) is 11.1. The molecular weight excluding hydrogens is 455 g/mol. The number of rotatable bonds is 6. The lowest BCUT2D eigenvalue weighted by Crippen LogP contribution is -2.37.